The van der Waals surface area contributed by atoms with Crippen LogP contribution in [0.25, 0.3) is 0 Å². The number of carbonyl (C=O) groups is 1. The average molecular weight is 353 g/mol. The molecule has 1 atom stereocenters. The molecule has 0 radical (unpaired) electrons. The molecule has 2 N–H and O–H groups in total. The lowest BCUT2D eigenvalue weighted by molar-refractivity contribution is -0.136. The topological polar surface area (TPSA) is 93.2 Å². The third-order valence-corrected chi connectivity index (χ3v) is 4.66. The Kier molecular flexibility index (Phi) is 3.79. The maximum absolute atomic E-state index is 12.7. The largest absolute Gasteiger partial charge is 0.456 e. The summed E-state index contributed by atoms with van der Waals surface area (Å²) in [6.07, 6.45) is 0. The van der Waals surface area contributed by atoms with Crippen LogP contribution in [0.3, 0.4) is 0 Å². The first kappa shape index (κ1) is 16.4. The highest BCUT2D eigenvalue weighted by molar-refractivity contribution is 5.96. The van der Waals surface area contributed by atoms with E-state index in [1.807, 2.05) is 44.2 Å². The number of rotatable bonds is 3. The number of carbonyl (C=O) groups excluding carboxylic acids is 1. The smallest absolute Gasteiger partial charge is 0.337 e. The molecule has 4 rings (SSSR count). The molecular weight excluding hydrogens is 334 g/mol. The van der Waals surface area contributed by atoms with Crippen molar-refractivity contribution in [3.63, 3.8) is 0 Å². The number of ether oxygens (including phenoxy) is 1. The van der Waals surface area contributed by atoms with Crippen LogP contribution >= 0.6 is 0 Å². The van der Waals surface area contributed by atoms with Crippen LogP contribution in [0.5, 0.6) is 0 Å². The fraction of sp³-hybridized carbons (Fsp3) is 0.316. The summed E-state index contributed by atoms with van der Waals surface area (Å²) >= 11 is 0. The summed E-state index contributed by atoms with van der Waals surface area (Å²) in [5.41, 5.74) is 1.27. The molecule has 7 nitrogen and oxygen atoms in total. The third kappa shape index (κ3) is 2.47. The van der Waals surface area contributed by atoms with Gasteiger partial charge in [-0.25, -0.2) is 9.59 Å². The van der Waals surface area contributed by atoms with Gasteiger partial charge in [-0.2, -0.15) is 0 Å². The van der Waals surface area contributed by atoms with E-state index in [4.69, 9.17) is 4.74 Å². The Labute approximate surface area is 149 Å². The highest BCUT2D eigenvalue weighted by Crippen LogP contribution is 2.42. The molecule has 0 saturated heterocycles. The number of benzene rings is 1. The van der Waals surface area contributed by atoms with E-state index in [9.17, 15) is 14.4 Å². The maximum Gasteiger partial charge on any atom is 0.337 e. The van der Waals surface area contributed by atoms with E-state index in [-0.39, 0.29) is 12.5 Å². The lowest BCUT2D eigenvalue weighted by Crippen LogP contribution is -2.39. The van der Waals surface area contributed by atoms with Crippen molar-refractivity contribution in [1.29, 1.82) is 0 Å². The van der Waals surface area contributed by atoms with Crippen molar-refractivity contribution in [3.05, 3.63) is 73.6 Å². The normalized spacial score (nSPS) is 18.4. The van der Waals surface area contributed by atoms with Crippen LogP contribution in [-0.2, 0) is 16.1 Å². The van der Waals surface area contributed by atoms with Crippen molar-refractivity contribution in [2.45, 2.75) is 26.3 Å². The Morgan fingerprint density at radius 2 is 1.92 bits per heavy atom. The van der Waals surface area contributed by atoms with Crippen molar-refractivity contribution in [3.8, 4) is 0 Å². The summed E-state index contributed by atoms with van der Waals surface area (Å²) in [5.74, 6) is -0.358. The van der Waals surface area contributed by atoms with Gasteiger partial charge in [-0.05, 0) is 11.5 Å². The van der Waals surface area contributed by atoms with Crippen LogP contribution in [0.1, 0.15) is 30.9 Å². The van der Waals surface area contributed by atoms with Crippen molar-refractivity contribution >= 4 is 11.8 Å². The zero-order chi connectivity index (χ0) is 18.4. The molecule has 0 saturated carbocycles. The molecule has 2 aliphatic rings. The van der Waals surface area contributed by atoms with E-state index in [1.54, 1.807) is 0 Å². The lowest BCUT2D eigenvalue weighted by atomic mass is 9.83. The van der Waals surface area contributed by atoms with Gasteiger partial charge in [0.05, 0.1) is 22.8 Å². The second-order valence-corrected chi connectivity index (χ2v) is 6.96. The molecule has 0 unspecified atom stereocenters. The standard InChI is InChI=1S/C19H19N3O4/c1-10(2)8-22-16-15(17(23)21-19(22)25)13(11-6-4-3-5-7-11)14-12(20-16)9-26-18(14)24/h3-7,10,13,20H,8-9H2,1-2H3,(H,21,23,25)/t13-/m0/s1. The number of H-pyrrole nitrogens is 1. The first-order valence-electron chi connectivity index (χ1n) is 8.56. The summed E-state index contributed by atoms with van der Waals surface area (Å²) in [6.45, 7) is 4.55. The SMILES string of the molecule is CC(C)Cn1c2c(c(=O)[nH]c1=O)[C@@H](c1ccccc1)C1=C(COC1=O)N2. The second kappa shape index (κ2) is 6.01. The molecule has 1 aromatic heterocycles. The first-order valence-corrected chi connectivity index (χ1v) is 8.56. The van der Waals surface area contributed by atoms with Crippen LogP contribution in [0.2, 0.25) is 0 Å². The van der Waals surface area contributed by atoms with E-state index in [1.165, 1.54) is 4.57 Å². The Morgan fingerprint density at radius 1 is 1.19 bits per heavy atom. The Bertz CT molecular complexity index is 1030. The Morgan fingerprint density at radius 3 is 2.62 bits per heavy atom. The number of hydrogen-bond acceptors (Lipinski definition) is 5. The minimum Gasteiger partial charge on any atom is -0.456 e. The van der Waals surface area contributed by atoms with Gasteiger partial charge in [0, 0.05) is 6.54 Å². The van der Waals surface area contributed by atoms with Crippen LogP contribution in [0, 0.1) is 5.92 Å². The number of cyclic esters (lactones) is 1. The fourth-order valence-electron chi connectivity index (χ4n) is 3.61. The van der Waals surface area contributed by atoms with E-state index in [0.29, 0.717) is 29.2 Å². The van der Waals surface area contributed by atoms with Crippen LogP contribution < -0.4 is 16.6 Å². The second-order valence-electron chi connectivity index (χ2n) is 6.96. The van der Waals surface area contributed by atoms with E-state index >= 15 is 0 Å². The van der Waals surface area contributed by atoms with Gasteiger partial charge in [-0.15, -0.1) is 0 Å². The average Bonchev–Trinajstić information content (AvgIpc) is 2.98. The number of aromatic nitrogens is 2. The maximum atomic E-state index is 12.7. The molecule has 1 aromatic carbocycles. The molecule has 0 fully saturated rings. The van der Waals surface area contributed by atoms with Crippen molar-refractivity contribution < 1.29 is 9.53 Å². The summed E-state index contributed by atoms with van der Waals surface area (Å²) in [7, 11) is 0. The number of fused-ring (bicyclic) bond motifs is 1. The minimum atomic E-state index is -0.569. The predicted octanol–water partition coefficient (Wildman–Crippen LogP) is 1.56. The van der Waals surface area contributed by atoms with Gasteiger partial charge in [-0.1, -0.05) is 44.2 Å². The summed E-state index contributed by atoms with van der Waals surface area (Å²) in [6, 6.07) is 9.32. The molecule has 26 heavy (non-hydrogen) atoms. The first-order chi connectivity index (χ1) is 12.5. The highest BCUT2D eigenvalue weighted by Gasteiger charge is 2.41. The number of anilines is 1. The quantitative estimate of drug-likeness (QED) is 0.817. The number of nitrogens with zero attached hydrogens (tertiary/aromatic N) is 1. The van der Waals surface area contributed by atoms with Crippen molar-refractivity contribution in [2.24, 2.45) is 5.92 Å². The van der Waals surface area contributed by atoms with Gasteiger partial charge in [0.25, 0.3) is 5.56 Å². The van der Waals surface area contributed by atoms with Gasteiger partial charge in [-0.3, -0.25) is 14.3 Å². The van der Waals surface area contributed by atoms with Crippen molar-refractivity contribution in [1.82, 2.24) is 9.55 Å². The molecular formula is C19H19N3O4. The van der Waals surface area contributed by atoms with Gasteiger partial charge in [0.1, 0.15) is 12.4 Å². The minimum absolute atomic E-state index is 0.111. The Hall–Kier alpha value is -3.09. The van der Waals surface area contributed by atoms with Crippen LogP contribution in [-0.4, -0.2) is 22.1 Å². The zero-order valence-corrected chi connectivity index (χ0v) is 14.5. The molecule has 134 valence electrons. The number of aromatic amines is 1. The number of hydrogen-bond donors (Lipinski definition) is 2. The lowest BCUT2D eigenvalue weighted by Gasteiger charge is -2.28. The molecule has 0 spiro atoms. The summed E-state index contributed by atoms with van der Waals surface area (Å²) in [5, 5.41) is 3.12. The van der Waals surface area contributed by atoms with Crippen molar-refractivity contribution in [2.75, 3.05) is 11.9 Å². The third-order valence-electron chi connectivity index (χ3n) is 4.66. The van der Waals surface area contributed by atoms with Crippen LogP contribution in [0.15, 0.2) is 51.2 Å². The van der Waals surface area contributed by atoms with E-state index < -0.39 is 23.1 Å². The van der Waals surface area contributed by atoms with E-state index in [0.717, 1.165) is 5.56 Å². The molecule has 2 aliphatic heterocycles. The molecule has 0 bridgehead atoms. The van der Waals surface area contributed by atoms with Gasteiger partial charge in [0.15, 0.2) is 0 Å². The number of esters is 1. The molecule has 0 amide bonds. The van der Waals surface area contributed by atoms with E-state index in [2.05, 4.69) is 10.3 Å². The molecule has 3 heterocycles. The summed E-state index contributed by atoms with van der Waals surface area (Å²) in [4.78, 5) is 39.9. The van der Waals surface area contributed by atoms with Gasteiger partial charge < -0.3 is 10.1 Å². The van der Waals surface area contributed by atoms with Gasteiger partial charge in [0.2, 0.25) is 0 Å². The number of nitrogens with one attached hydrogen (secondary N) is 2. The van der Waals surface area contributed by atoms with Gasteiger partial charge >= 0.3 is 11.7 Å². The summed E-state index contributed by atoms with van der Waals surface area (Å²) < 4.78 is 6.73. The molecule has 2 aromatic rings. The molecule has 7 heteroatoms. The highest BCUT2D eigenvalue weighted by atomic mass is 16.5. The van der Waals surface area contributed by atoms with Crippen LogP contribution in [0.4, 0.5) is 5.82 Å². The Balaban J connectivity index is 2.02. The molecule has 0 aliphatic carbocycles. The monoisotopic (exact) mass is 353 g/mol. The zero-order valence-electron chi connectivity index (χ0n) is 14.5. The predicted molar refractivity (Wildman–Crippen MR) is 96.1 cm³/mol. The fourth-order valence-corrected chi connectivity index (χ4v) is 3.61.